The van der Waals surface area contributed by atoms with Gasteiger partial charge in [0.15, 0.2) is 0 Å². The van der Waals surface area contributed by atoms with Crippen molar-refractivity contribution in [3.8, 4) is 0 Å². The molecule has 5 nitrogen and oxygen atoms in total. The lowest BCUT2D eigenvalue weighted by molar-refractivity contribution is 0.138. The Morgan fingerprint density at radius 3 is 1.71 bits per heavy atom. The number of para-hydroxylation sites is 2. The molecule has 0 unspecified atom stereocenters. The smallest absolute Gasteiger partial charge is 0.129 e. The molecule has 5 aromatic carbocycles. The zero-order chi connectivity index (χ0) is 28.3. The van der Waals surface area contributed by atoms with Gasteiger partial charge in [0, 0.05) is 35.2 Å². The fourth-order valence-electron chi connectivity index (χ4n) is 5.42. The Kier molecular flexibility index (Phi) is 9.99. The van der Waals surface area contributed by atoms with Crippen LogP contribution in [0.15, 0.2) is 114 Å². The van der Waals surface area contributed by atoms with Crippen LogP contribution in [0.3, 0.4) is 0 Å². The van der Waals surface area contributed by atoms with E-state index in [4.69, 9.17) is 4.84 Å². The highest BCUT2D eigenvalue weighted by Crippen LogP contribution is 2.35. The van der Waals surface area contributed by atoms with E-state index in [1.54, 1.807) is 0 Å². The highest BCUT2D eigenvalue weighted by Gasteiger charge is 2.19. The van der Waals surface area contributed by atoms with Gasteiger partial charge in [-0.25, -0.2) is 0 Å². The molecule has 0 aromatic heterocycles. The molecule has 0 amide bonds. The van der Waals surface area contributed by atoms with Crippen LogP contribution in [-0.4, -0.2) is 40.3 Å². The molecule has 0 atom stereocenters. The Morgan fingerprint density at radius 2 is 1.15 bits per heavy atom. The first-order valence-electron chi connectivity index (χ1n) is 14.6. The topological polar surface area (TPSA) is 48.9 Å². The van der Waals surface area contributed by atoms with Crippen LogP contribution in [0.5, 0.6) is 0 Å². The lowest BCUT2D eigenvalue weighted by atomic mass is 10.0. The van der Waals surface area contributed by atoms with Gasteiger partial charge in [-0.2, -0.15) is 0 Å². The number of nitrogens with zero attached hydrogens (tertiary/aromatic N) is 2. The normalized spacial score (nSPS) is 12.1. The van der Waals surface area contributed by atoms with Gasteiger partial charge < -0.3 is 20.4 Å². The van der Waals surface area contributed by atoms with E-state index in [-0.39, 0.29) is 0 Å². The van der Waals surface area contributed by atoms with Gasteiger partial charge in [0.1, 0.15) is 12.0 Å². The molecular formula is C36H40N4O. The minimum Gasteiger partial charge on any atom is -0.394 e. The summed E-state index contributed by atoms with van der Waals surface area (Å²) < 4.78 is 0. The third kappa shape index (κ3) is 6.94. The SMILES string of the molecule is CNCCCN1c2ccccc2CCc2ccccc21.CNCCON=c1c2ccccc2ccc2ccccc12. The van der Waals surface area contributed by atoms with Gasteiger partial charge in [0.05, 0.1) is 0 Å². The van der Waals surface area contributed by atoms with E-state index in [9.17, 15) is 0 Å². The molecule has 0 saturated heterocycles. The summed E-state index contributed by atoms with van der Waals surface area (Å²) in [6, 6.07) is 38.4. The summed E-state index contributed by atoms with van der Waals surface area (Å²) in [7, 11) is 3.92. The number of hydrogen-bond donors (Lipinski definition) is 2. The average molecular weight is 545 g/mol. The van der Waals surface area contributed by atoms with E-state index >= 15 is 0 Å². The van der Waals surface area contributed by atoms with Gasteiger partial charge in [-0.05, 0) is 73.9 Å². The molecule has 5 heteroatoms. The first-order chi connectivity index (χ1) is 20.3. The maximum atomic E-state index is 5.48. The molecule has 0 saturated carbocycles. The first kappa shape index (κ1) is 28.3. The quantitative estimate of drug-likeness (QED) is 0.171. The summed E-state index contributed by atoms with van der Waals surface area (Å²) in [4.78, 5) is 7.98. The third-order valence-corrected chi connectivity index (χ3v) is 7.51. The van der Waals surface area contributed by atoms with Crippen LogP contribution in [0, 0.1) is 0 Å². The second-order valence-corrected chi connectivity index (χ2v) is 10.3. The zero-order valence-corrected chi connectivity index (χ0v) is 24.1. The molecule has 0 radical (unpaired) electrons. The molecule has 0 fully saturated rings. The molecule has 5 aromatic rings. The van der Waals surface area contributed by atoms with Crippen LogP contribution in [0.1, 0.15) is 17.5 Å². The minimum absolute atomic E-state index is 0.553. The number of fused-ring (bicyclic) bond motifs is 4. The van der Waals surface area contributed by atoms with Crippen molar-refractivity contribution in [3.05, 3.63) is 126 Å². The first-order valence-corrected chi connectivity index (χ1v) is 14.6. The number of nitrogens with one attached hydrogen (secondary N) is 2. The van der Waals surface area contributed by atoms with Gasteiger partial charge in [0.2, 0.25) is 0 Å². The van der Waals surface area contributed by atoms with Crippen molar-refractivity contribution in [1.29, 1.82) is 0 Å². The second-order valence-electron chi connectivity index (χ2n) is 10.3. The van der Waals surface area contributed by atoms with Crippen LogP contribution in [0.4, 0.5) is 11.4 Å². The lowest BCUT2D eigenvalue weighted by Crippen LogP contribution is -2.22. The molecule has 41 heavy (non-hydrogen) atoms. The van der Waals surface area contributed by atoms with E-state index in [1.165, 1.54) is 22.5 Å². The summed E-state index contributed by atoms with van der Waals surface area (Å²) in [5, 5.41) is 16.1. The fourth-order valence-corrected chi connectivity index (χ4v) is 5.42. The molecule has 2 N–H and O–H groups in total. The minimum atomic E-state index is 0.553. The molecule has 0 spiro atoms. The maximum Gasteiger partial charge on any atom is 0.129 e. The predicted octanol–water partition coefficient (Wildman–Crippen LogP) is 6.58. The van der Waals surface area contributed by atoms with Gasteiger partial charge in [-0.3, -0.25) is 0 Å². The van der Waals surface area contributed by atoms with Crippen molar-refractivity contribution in [1.82, 2.24) is 10.6 Å². The van der Waals surface area contributed by atoms with E-state index in [1.807, 2.05) is 38.4 Å². The van der Waals surface area contributed by atoms with Crippen molar-refractivity contribution < 1.29 is 4.84 Å². The highest BCUT2D eigenvalue weighted by molar-refractivity contribution is 5.92. The van der Waals surface area contributed by atoms with Crippen LogP contribution < -0.4 is 20.9 Å². The summed E-state index contributed by atoms with van der Waals surface area (Å²) >= 11 is 0. The summed E-state index contributed by atoms with van der Waals surface area (Å²) in [5.74, 6) is 0. The highest BCUT2D eigenvalue weighted by atomic mass is 16.6. The summed E-state index contributed by atoms with van der Waals surface area (Å²) in [6.07, 6.45) is 3.42. The van der Waals surface area contributed by atoms with Crippen LogP contribution in [-0.2, 0) is 17.7 Å². The van der Waals surface area contributed by atoms with E-state index in [0.29, 0.717) is 6.61 Å². The largest absolute Gasteiger partial charge is 0.394 e. The molecule has 210 valence electrons. The van der Waals surface area contributed by atoms with E-state index < -0.39 is 0 Å². The van der Waals surface area contributed by atoms with Crippen LogP contribution in [0.25, 0.3) is 21.5 Å². The molecule has 0 aliphatic carbocycles. The zero-order valence-electron chi connectivity index (χ0n) is 24.1. The standard InChI is InChI=1S/C18H18N2O.C18H22N2/c1-19-12-13-21-20-18-16-8-4-2-6-14(16)10-11-15-7-3-5-9-17(15)18;1-19-13-6-14-20-17-9-4-2-7-15(17)11-12-16-8-3-5-10-18(16)20/h2-11,19H,12-13H2,1H3;2-5,7-10,19H,6,11-14H2,1H3. The number of aryl methyl sites for hydroxylation is 2. The van der Waals surface area contributed by atoms with Crippen molar-refractivity contribution >= 4 is 32.9 Å². The van der Waals surface area contributed by atoms with E-state index in [2.05, 4.69) is 106 Å². The van der Waals surface area contributed by atoms with E-state index in [0.717, 1.165) is 65.8 Å². The van der Waals surface area contributed by atoms with Crippen molar-refractivity contribution in [2.45, 2.75) is 19.3 Å². The van der Waals surface area contributed by atoms with Gasteiger partial charge in [-0.15, -0.1) is 0 Å². The second kappa shape index (κ2) is 14.4. The maximum absolute atomic E-state index is 5.48. The number of benzene rings is 4. The Labute approximate surface area is 243 Å². The molecule has 0 bridgehead atoms. The Morgan fingerprint density at radius 1 is 0.634 bits per heavy atom. The predicted molar refractivity (Wildman–Crippen MR) is 173 cm³/mol. The number of rotatable bonds is 8. The molecule has 1 aliphatic heterocycles. The van der Waals surface area contributed by atoms with Crippen molar-refractivity contribution in [2.75, 3.05) is 45.2 Å². The molecular weight excluding hydrogens is 504 g/mol. The Balaban J connectivity index is 0.000000165. The van der Waals surface area contributed by atoms with Crippen molar-refractivity contribution in [3.63, 3.8) is 0 Å². The lowest BCUT2D eigenvalue weighted by Gasteiger charge is -2.27. The number of anilines is 2. The average Bonchev–Trinajstić information content (AvgIpc) is 3.28. The summed E-state index contributed by atoms with van der Waals surface area (Å²) in [5.41, 5.74) is 5.70. The number of hydrogen-bond acceptors (Lipinski definition) is 5. The Bertz CT molecular complexity index is 1540. The van der Waals surface area contributed by atoms with Crippen LogP contribution in [0.2, 0.25) is 0 Å². The fraction of sp³-hybridized carbons (Fsp3) is 0.250. The van der Waals surface area contributed by atoms with Gasteiger partial charge in [0.25, 0.3) is 0 Å². The molecule has 1 aliphatic rings. The molecule has 6 rings (SSSR count). The summed E-state index contributed by atoms with van der Waals surface area (Å²) in [6.45, 7) is 3.45. The van der Waals surface area contributed by atoms with Gasteiger partial charge >= 0.3 is 0 Å². The van der Waals surface area contributed by atoms with Crippen molar-refractivity contribution in [2.24, 2.45) is 5.16 Å². The number of likely N-dealkylation sites (N-methyl/N-ethyl adjacent to an activating group) is 1. The van der Waals surface area contributed by atoms with Crippen LogP contribution >= 0.6 is 0 Å². The molecule has 1 heterocycles. The Hall–Kier alpha value is -4.19. The van der Waals surface area contributed by atoms with Gasteiger partial charge in [-0.1, -0.05) is 102 Å². The monoisotopic (exact) mass is 544 g/mol. The third-order valence-electron chi connectivity index (χ3n) is 7.51.